The number of benzene rings is 1. The van der Waals surface area contributed by atoms with Crippen LogP contribution in [0.1, 0.15) is 12.0 Å². The van der Waals surface area contributed by atoms with Crippen LogP contribution in [0.5, 0.6) is 5.75 Å². The summed E-state index contributed by atoms with van der Waals surface area (Å²) in [5, 5.41) is 3.99. The van der Waals surface area contributed by atoms with Crippen LogP contribution in [0.15, 0.2) is 35.4 Å². The van der Waals surface area contributed by atoms with Crippen molar-refractivity contribution in [1.82, 2.24) is 14.3 Å². The Morgan fingerprint density at radius 3 is 2.84 bits per heavy atom. The van der Waals surface area contributed by atoms with E-state index in [1.165, 1.54) is 15.6 Å². The fourth-order valence-electron chi connectivity index (χ4n) is 1.78. The second-order valence-corrected chi connectivity index (χ2v) is 4.26. The van der Waals surface area contributed by atoms with E-state index in [0.29, 0.717) is 19.7 Å². The molecular weight excluding hydrogens is 244 g/mol. The lowest BCUT2D eigenvalue weighted by Gasteiger charge is -2.09. The molecule has 19 heavy (non-hydrogen) atoms. The van der Waals surface area contributed by atoms with Crippen molar-refractivity contribution in [3.63, 3.8) is 0 Å². The summed E-state index contributed by atoms with van der Waals surface area (Å²) in [5.41, 5.74) is 6.51. The number of nitrogens with two attached hydrogens (primary N) is 1. The topological polar surface area (TPSA) is 75.1 Å². The minimum Gasteiger partial charge on any atom is -0.493 e. The quantitative estimate of drug-likeness (QED) is 0.770. The molecule has 6 nitrogen and oxygen atoms in total. The monoisotopic (exact) mass is 262 g/mol. The zero-order valence-corrected chi connectivity index (χ0v) is 11.0. The Kier molecular flexibility index (Phi) is 4.35. The van der Waals surface area contributed by atoms with Crippen LogP contribution in [0.4, 0.5) is 0 Å². The molecule has 0 saturated carbocycles. The van der Waals surface area contributed by atoms with Crippen LogP contribution in [0.25, 0.3) is 0 Å². The molecule has 0 radical (unpaired) electrons. The van der Waals surface area contributed by atoms with Crippen LogP contribution in [0.2, 0.25) is 0 Å². The maximum Gasteiger partial charge on any atom is 0.345 e. The maximum absolute atomic E-state index is 11.5. The van der Waals surface area contributed by atoms with Gasteiger partial charge in [0.25, 0.3) is 0 Å². The van der Waals surface area contributed by atoms with Crippen molar-refractivity contribution in [3.05, 3.63) is 46.6 Å². The van der Waals surface area contributed by atoms with E-state index in [0.717, 1.165) is 17.7 Å². The van der Waals surface area contributed by atoms with Crippen molar-refractivity contribution >= 4 is 0 Å². The lowest BCUT2D eigenvalue weighted by molar-refractivity contribution is 0.294. The maximum atomic E-state index is 11.5. The average Bonchev–Trinajstić information content (AvgIpc) is 2.76. The van der Waals surface area contributed by atoms with Crippen molar-refractivity contribution in [2.45, 2.75) is 19.5 Å². The third-order valence-electron chi connectivity index (χ3n) is 2.85. The first kappa shape index (κ1) is 13.4. The molecule has 2 rings (SSSR count). The molecule has 102 valence electrons. The molecule has 0 unspecified atom stereocenters. The van der Waals surface area contributed by atoms with Gasteiger partial charge in [-0.1, -0.05) is 18.2 Å². The number of hydrogen-bond donors (Lipinski definition) is 1. The highest BCUT2D eigenvalue weighted by molar-refractivity contribution is 5.32. The second kappa shape index (κ2) is 6.19. The predicted octanol–water partition coefficient (Wildman–Crippen LogP) is 0.510. The number of rotatable bonds is 6. The summed E-state index contributed by atoms with van der Waals surface area (Å²) in [6.07, 6.45) is 2.22. The smallest absolute Gasteiger partial charge is 0.345 e. The second-order valence-electron chi connectivity index (χ2n) is 4.26. The highest BCUT2D eigenvalue weighted by Gasteiger charge is 2.03. The molecule has 0 saturated heterocycles. The van der Waals surface area contributed by atoms with Crippen molar-refractivity contribution in [2.24, 2.45) is 12.8 Å². The highest BCUT2D eigenvalue weighted by Crippen LogP contribution is 2.17. The van der Waals surface area contributed by atoms with Gasteiger partial charge in [-0.2, -0.15) is 5.10 Å². The van der Waals surface area contributed by atoms with E-state index >= 15 is 0 Å². The molecule has 2 N–H and O–H groups in total. The van der Waals surface area contributed by atoms with Gasteiger partial charge in [-0.15, -0.1) is 0 Å². The van der Waals surface area contributed by atoms with Gasteiger partial charge in [-0.25, -0.2) is 9.48 Å². The fraction of sp³-hybridized carbons (Fsp3) is 0.385. The number of aryl methyl sites for hydroxylation is 2. The van der Waals surface area contributed by atoms with Crippen LogP contribution in [-0.4, -0.2) is 21.0 Å². The van der Waals surface area contributed by atoms with Crippen LogP contribution in [0.3, 0.4) is 0 Å². The Balaban J connectivity index is 1.84. The molecule has 0 bridgehead atoms. The van der Waals surface area contributed by atoms with Crippen molar-refractivity contribution in [2.75, 3.05) is 6.61 Å². The van der Waals surface area contributed by atoms with Gasteiger partial charge in [-0.05, 0) is 6.07 Å². The molecule has 1 aromatic heterocycles. The fourth-order valence-corrected chi connectivity index (χ4v) is 1.78. The van der Waals surface area contributed by atoms with E-state index < -0.39 is 0 Å². The van der Waals surface area contributed by atoms with E-state index in [1.54, 1.807) is 7.05 Å². The average molecular weight is 262 g/mol. The molecule has 0 spiro atoms. The van der Waals surface area contributed by atoms with E-state index in [4.69, 9.17) is 10.5 Å². The first-order valence-electron chi connectivity index (χ1n) is 6.21. The third kappa shape index (κ3) is 3.23. The largest absolute Gasteiger partial charge is 0.493 e. The summed E-state index contributed by atoms with van der Waals surface area (Å²) in [4.78, 5) is 11.5. The molecule has 0 aliphatic heterocycles. The number of ether oxygens (including phenoxy) is 1. The summed E-state index contributed by atoms with van der Waals surface area (Å²) in [6, 6.07) is 7.69. The SMILES string of the molecule is Cn1cnn(CCCOc2ccccc2CN)c1=O. The van der Waals surface area contributed by atoms with E-state index in [-0.39, 0.29) is 5.69 Å². The van der Waals surface area contributed by atoms with Gasteiger partial charge >= 0.3 is 5.69 Å². The van der Waals surface area contributed by atoms with Gasteiger partial charge in [0.2, 0.25) is 0 Å². The van der Waals surface area contributed by atoms with Crippen molar-refractivity contribution < 1.29 is 4.74 Å². The molecule has 1 heterocycles. The van der Waals surface area contributed by atoms with E-state index in [1.807, 2.05) is 24.3 Å². The van der Waals surface area contributed by atoms with Gasteiger partial charge in [0.05, 0.1) is 6.61 Å². The Morgan fingerprint density at radius 2 is 2.16 bits per heavy atom. The molecule has 0 aliphatic rings. The van der Waals surface area contributed by atoms with Gasteiger partial charge in [-0.3, -0.25) is 4.57 Å². The Labute approximate surface area is 111 Å². The minimum atomic E-state index is -0.109. The van der Waals surface area contributed by atoms with Crippen molar-refractivity contribution in [1.29, 1.82) is 0 Å². The first-order valence-corrected chi connectivity index (χ1v) is 6.21. The van der Waals surface area contributed by atoms with Crippen molar-refractivity contribution in [3.8, 4) is 5.75 Å². The number of nitrogens with zero attached hydrogens (tertiary/aromatic N) is 3. The molecule has 6 heteroatoms. The van der Waals surface area contributed by atoms with Crippen LogP contribution < -0.4 is 16.2 Å². The first-order chi connectivity index (χ1) is 9.22. The summed E-state index contributed by atoms with van der Waals surface area (Å²) in [5.74, 6) is 0.804. The standard InChI is InChI=1S/C13H18N4O2/c1-16-10-15-17(13(16)18)7-4-8-19-12-6-3-2-5-11(12)9-14/h2-3,5-6,10H,4,7-9,14H2,1H3. The van der Waals surface area contributed by atoms with Crippen LogP contribution >= 0.6 is 0 Å². The molecule has 1 aromatic carbocycles. The van der Waals surface area contributed by atoms with E-state index in [9.17, 15) is 4.79 Å². The summed E-state index contributed by atoms with van der Waals surface area (Å²) < 4.78 is 8.54. The summed E-state index contributed by atoms with van der Waals surface area (Å²) >= 11 is 0. The Bertz CT molecular complexity index is 588. The summed E-state index contributed by atoms with van der Waals surface area (Å²) in [7, 11) is 1.68. The zero-order chi connectivity index (χ0) is 13.7. The highest BCUT2D eigenvalue weighted by atomic mass is 16.5. The summed E-state index contributed by atoms with van der Waals surface area (Å²) in [6.45, 7) is 1.53. The normalized spacial score (nSPS) is 10.6. The van der Waals surface area contributed by atoms with Gasteiger partial charge in [0.1, 0.15) is 12.1 Å². The van der Waals surface area contributed by atoms with Gasteiger partial charge < -0.3 is 10.5 Å². The molecule has 0 fully saturated rings. The number of para-hydroxylation sites is 1. The molecule has 0 amide bonds. The molecular formula is C13H18N4O2. The molecule has 0 atom stereocenters. The lowest BCUT2D eigenvalue weighted by Crippen LogP contribution is -2.23. The van der Waals surface area contributed by atoms with Gasteiger partial charge in [0.15, 0.2) is 0 Å². The Hall–Kier alpha value is -2.08. The predicted molar refractivity (Wildman–Crippen MR) is 71.9 cm³/mol. The third-order valence-corrected chi connectivity index (χ3v) is 2.85. The Morgan fingerprint density at radius 1 is 1.37 bits per heavy atom. The molecule has 2 aromatic rings. The van der Waals surface area contributed by atoms with Gasteiger partial charge in [0, 0.05) is 32.1 Å². The van der Waals surface area contributed by atoms with E-state index in [2.05, 4.69) is 5.10 Å². The lowest BCUT2D eigenvalue weighted by atomic mass is 10.2. The minimum absolute atomic E-state index is 0.109. The van der Waals surface area contributed by atoms with Crippen LogP contribution in [0, 0.1) is 0 Å². The van der Waals surface area contributed by atoms with Crippen LogP contribution in [-0.2, 0) is 20.1 Å². The zero-order valence-electron chi connectivity index (χ0n) is 11.0. The molecule has 0 aliphatic carbocycles. The number of aromatic nitrogens is 3. The number of hydrogen-bond acceptors (Lipinski definition) is 4.